The van der Waals surface area contributed by atoms with E-state index in [1.54, 1.807) is 0 Å². The molecular weight excluding hydrogens is 388 g/mol. The highest BCUT2D eigenvalue weighted by Crippen LogP contribution is 2.35. The number of benzene rings is 1. The van der Waals surface area contributed by atoms with Gasteiger partial charge in [0.15, 0.2) is 6.10 Å². The number of aliphatic carboxylic acids is 1. The van der Waals surface area contributed by atoms with Crippen molar-refractivity contribution in [3.05, 3.63) is 29.3 Å². The summed E-state index contributed by atoms with van der Waals surface area (Å²) in [4.78, 5) is 21.4. The molecule has 9 heteroatoms. The van der Waals surface area contributed by atoms with Gasteiger partial charge < -0.3 is 30.8 Å². The van der Waals surface area contributed by atoms with Gasteiger partial charge in [-0.05, 0) is 69.3 Å². The van der Waals surface area contributed by atoms with Gasteiger partial charge in [0.05, 0.1) is 12.1 Å². The first-order valence-electron chi connectivity index (χ1n) is 10.2. The average Bonchev–Trinajstić information content (AvgIpc) is 3.16. The molecule has 2 heterocycles. The summed E-state index contributed by atoms with van der Waals surface area (Å²) in [6.07, 6.45) is 2.74. The van der Waals surface area contributed by atoms with E-state index >= 15 is 0 Å². The van der Waals surface area contributed by atoms with Crippen LogP contribution in [0.15, 0.2) is 28.3 Å². The molecule has 2 aliphatic heterocycles. The summed E-state index contributed by atoms with van der Waals surface area (Å²) in [5.41, 5.74) is 5.71. The first-order valence-corrected chi connectivity index (χ1v) is 10.2. The summed E-state index contributed by atoms with van der Waals surface area (Å²) in [6.45, 7) is 5.96. The number of hydrogen-bond acceptors (Lipinski definition) is 8. The van der Waals surface area contributed by atoms with Gasteiger partial charge in [-0.1, -0.05) is 0 Å². The van der Waals surface area contributed by atoms with Gasteiger partial charge in [0, 0.05) is 18.9 Å². The number of aryl methyl sites for hydroxylation is 1. The van der Waals surface area contributed by atoms with E-state index in [0.29, 0.717) is 38.1 Å². The van der Waals surface area contributed by atoms with Crippen LogP contribution in [0.3, 0.4) is 0 Å². The fourth-order valence-electron chi connectivity index (χ4n) is 4.08. The lowest BCUT2D eigenvalue weighted by Crippen LogP contribution is -2.52. The molecule has 0 saturated carbocycles. The number of carboxylic acids is 1. The number of carboxylic acid groups (broad SMARTS) is 1. The average molecular weight is 418 g/mol. The van der Waals surface area contributed by atoms with Gasteiger partial charge in [-0.3, -0.25) is 4.99 Å². The summed E-state index contributed by atoms with van der Waals surface area (Å²) >= 11 is 0. The van der Waals surface area contributed by atoms with Gasteiger partial charge in [-0.15, -0.1) is 5.16 Å². The predicted octanol–water partition coefficient (Wildman–Crippen LogP) is 1.07. The van der Waals surface area contributed by atoms with Crippen LogP contribution >= 0.6 is 0 Å². The lowest BCUT2D eigenvalue weighted by atomic mass is 9.89. The highest BCUT2D eigenvalue weighted by atomic mass is 16.7. The van der Waals surface area contributed by atoms with Crippen LogP contribution in [0.25, 0.3) is 0 Å². The molecule has 3 unspecified atom stereocenters. The summed E-state index contributed by atoms with van der Waals surface area (Å²) in [6, 6.07) is 5.74. The van der Waals surface area contributed by atoms with Gasteiger partial charge in [0.25, 0.3) is 5.60 Å². The number of nitrogens with zero attached hydrogens (tertiary/aromatic N) is 2. The van der Waals surface area contributed by atoms with Crippen molar-refractivity contribution in [1.82, 2.24) is 5.32 Å². The van der Waals surface area contributed by atoms with Gasteiger partial charge in [-0.25, -0.2) is 4.79 Å². The zero-order chi connectivity index (χ0) is 21.8. The smallest absolute Gasteiger partial charge is 0.354 e. The van der Waals surface area contributed by atoms with E-state index in [4.69, 9.17) is 15.3 Å². The van der Waals surface area contributed by atoms with Crippen molar-refractivity contribution in [2.45, 2.75) is 56.3 Å². The highest BCUT2D eigenvalue weighted by Gasteiger charge is 2.48. The molecule has 0 bridgehead atoms. The molecule has 30 heavy (non-hydrogen) atoms. The maximum absolute atomic E-state index is 11.7. The lowest BCUT2D eigenvalue weighted by Gasteiger charge is -2.35. The Morgan fingerprint density at radius 1 is 1.53 bits per heavy atom. The number of fused-ring (bicyclic) bond motifs is 1. The van der Waals surface area contributed by atoms with Crippen molar-refractivity contribution < 1.29 is 24.6 Å². The van der Waals surface area contributed by atoms with Crippen LogP contribution < -0.4 is 15.8 Å². The minimum Gasteiger partial charge on any atom is -0.485 e. The first kappa shape index (κ1) is 22.0. The molecule has 2 aliphatic rings. The maximum atomic E-state index is 11.7. The number of aliphatic hydroxyl groups excluding tert-OH is 1. The van der Waals surface area contributed by atoms with Crippen LogP contribution in [0.5, 0.6) is 5.75 Å². The molecule has 1 aromatic carbocycles. The molecule has 3 rings (SSSR count). The number of oxime groups is 1. The van der Waals surface area contributed by atoms with Crippen molar-refractivity contribution in [3.8, 4) is 5.75 Å². The van der Waals surface area contributed by atoms with Gasteiger partial charge >= 0.3 is 5.97 Å². The number of aliphatic hydroxyl groups is 1. The quantitative estimate of drug-likeness (QED) is 0.329. The Hall–Kier alpha value is -2.65. The van der Waals surface area contributed by atoms with Crippen LogP contribution in [0.2, 0.25) is 0 Å². The summed E-state index contributed by atoms with van der Waals surface area (Å²) in [5.74, 6) is 0.264. The van der Waals surface area contributed by atoms with Crippen LogP contribution in [0, 0.1) is 0 Å². The second-order valence-corrected chi connectivity index (χ2v) is 8.04. The Bertz CT molecular complexity index is 830. The largest absolute Gasteiger partial charge is 0.485 e. The molecular formula is C21H30N4O5. The number of amidine groups is 1. The Kier molecular flexibility index (Phi) is 6.62. The topological polar surface area (TPSA) is 139 Å². The van der Waals surface area contributed by atoms with Crippen LogP contribution in [-0.4, -0.2) is 65.7 Å². The standard InChI is InChI=1S/C21H30N4O5/c1-20(19(27)28,30-23-2)17-7-5-14-12-15(4-6-16(14)29-17)18-24-13-21(25-18,9-11-26)8-3-10-22/h4,6,12,17,26H,2-3,5,7-11,13,22H2,1H3,(H,24,25)(H,27,28). The van der Waals surface area contributed by atoms with Crippen LogP contribution in [0.4, 0.5) is 0 Å². The molecule has 0 amide bonds. The van der Waals surface area contributed by atoms with Crippen molar-refractivity contribution in [2.75, 3.05) is 19.7 Å². The van der Waals surface area contributed by atoms with Crippen molar-refractivity contribution in [2.24, 2.45) is 15.9 Å². The summed E-state index contributed by atoms with van der Waals surface area (Å²) < 4.78 is 5.96. The molecule has 9 nitrogen and oxygen atoms in total. The predicted molar refractivity (Wildman–Crippen MR) is 113 cm³/mol. The highest BCUT2D eigenvalue weighted by molar-refractivity contribution is 6.00. The van der Waals surface area contributed by atoms with E-state index in [9.17, 15) is 15.0 Å². The Morgan fingerprint density at radius 2 is 2.33 bits per heavy atom. The molecule has 0 spiro atoms. The van der Waals surface area contributed by atoms with E-state index in [2.05, 4.69) is 22.2 Å². The third kappa shape index (κ3) is 4.27. The number of ether oxygens (including phenoxy) is 1. The van der Waals surface area contributed by atoms with Gasteiger partial charge in [-0.2, -0.15) is 0 Å². The van der Waals surface area contributed by atoms with E-state index in [1.807, 2.05) is 18.2 Å². The number of nitrogens with one attached hydrogen (secondary N) is 1. The van der Waals surface area contributed by atoms with E-state index < -0.39 is 17.7 Å². The van der Waals surface area contributed by atoms with E-state index in [-0.39, 0.29) is 12.1 Å². The fraction of sp³-hybridized carbons (Fsp3) is 0.571. The third-order valence-corrected chi connectivity index (χ3v) is 5.95. The second-order valence-electron chi connectivity index (χ2n) is 8.04. The Balaban J connectivity index is 1.76. The molecule has 164 valence electrons. The van der Waals surface area contributed by atoms with Gasteiger partial charge in [0.1, 0.15) is 11.6 Å². The van der Waals surface area contributed by atoms with Crippen LogP contribution in [0.1, 0.15) is 43.7 Å². The van der Waals surface area contributed by atoms with Crippen molar-refractivity contribution in [3.63, 3.8) is 0 Å². The molecule has 0 radical (unpaired) electrons. The number of nitrogens with two attached hydrogens (primary N) is 1. The summed E-state index contributed by atoms with van der Waals surface area (Å²) in [5, 5.41) is 25.9. The third-order valence-electron chi connectivity index (χ3n) is 5.95. The molecule has 3 atom stereocenters. The lowest BCUT2D eigenvalue weighted by molar-refractivity contribution is -0.178. The number of aliphatic imine (C=N–C) groups is 1. The first-order chi connectivity index (χ1) is 14.4. The molecule has 5 N–H and O–H groups in total. The summed E-state index contributed by atoms with van der Waals surface area (Å²) in [7, 11) is 0. The monoisotopic (exact) mass is 418 g/mol. The van der Waals surface area contributed by atoms with Crippen molar-refractivity contribution >= 4 is 18.5 Å². The zero-order valence-electron chi connectivity index (χ0n) is 17.3. The molecule has 1 aromatic rings. The SMILES string of the molecule is C=NOC(C)(C(=O)O)C1CCc2cc(C3=NCC(CCO)(CCCN)N3)ccc2O1. The minimum atomic E-state index is -1.61. The number of rotatable bonds is 10. The number of carbonyl (C=O) groups is 1. The van der Waals surface area contributed by atoms with Crippen molar-refractivity contribution in [1.29, 1.82) is 0 Å². The number of hydrogen-bond donors (Lipinski definition) is 4. The fourth-order valence-corrected chi connectivity index (χ4v) is 4.08. The van der Waals surface area contributed by atoms with E-state index in [0.717, 1.165) is 29.8 Å². The molecule has 0 saturated heterocycles. The zero-order valence-corrected chi connectivity index (χ0v) is 17.3. The van der Waals surface area contributed by atoms with E-state index in [1.165, 1.54) is 6.92 Å². The Morgan fingerprint density at radius 3 is 3.00 bits per heavy atom. The van der Waals surface area contributed by atoms with Crippen LogP contribution in [-0.2, 0) is 16.1 Å². The second kappa shape index (κ2) is 9.01. The minimum absolute atomic E-state index is 0.0871. The molecule has 0 fully saturated rings. The maximum Gasteiger partial charge on any atom is 0.354 e. The normalized spacial score (nSPS) is 24.6. The van der Waals surface area contributed by atoms with Gasteiger partial charge in [0.2, 0.25) is 0 Å². The molecule has 0 aliphatic carbocycles. The molecule has 0 aromatic heterocycles. The Labute approximate surface area is 176 Å².